The Labute approximate surface area is 97.6 Å². The van der Waals surface area contributed by atoms with Gasteiger partial charge in [-0.25, -0.2) is 0 Å². The van der Waals surface area contributed by atoms with Crippen molar-refractivity contribution in [2.75, 3.05) is 19.8 Å². The summed E-state index contributed by atoms with van der Waals surface area (Å²) in [6.45, 7) is 6.70. The summed E-state index contributed by atoms with van der Waals surface area (Å²) in [6.07, 6.45) is 1.04. The van der Waals surface area contributed by atoms with Gasteiger partial charge in [0.25, 0.3) is 0 Å². The van der Waals surface area contributed by atoms with E-state index in [2.05, 4.69) is 6.92 Å². The van der Waals surface area contributed by atoms with E-state index < -0.39 is 0 Å². The maximum atomic E-state index is 5.65. The third-order valence-corrected chi connectivity index (χ3v) is 2.32. The van der Waals surface area contributed by atoms with Crippen molar-refractivity contribution in [2.45, 2.75) is 26.8 Å². The number of aryl methyl sites for hydroxylation is 1. The summed E-state index contributed by atoms with van der Waals surface area (Å²) < 4.78 is 11.0. The molecule has 0 radical (unpaired) electrons. The largest absolute Gasteiger partial charge is 0.491 e. The van der Waals surface area contributed by atoms with Crippen LogP contribution < -0.4 is 10.5 Å². The lowest BCUT2D eigenvalue weighted by Crippen LogP contribution is -2.08. The molecule has 90 valence electrons. The second-order valence-electron chi connectivity index (χ2n) is 3.76. The molecule has 3 heteroatoms. The minimum atomic E-state index is 0.545. The molecule has 0 atom stereocenters. The number of benzene rings is 1. The van der Waals surface area contributed by atoms with Gasteiger partial charge in [0.15, 0.2) is 0 Å². The van der Waals surface area contributed by atoms with E-state index in [-0.39, 0.29) is 0 Å². The van der Waals surface area contributed by atoms with Crippen LogP contribution in [0.25, 0.3) is 0 Å². The minimum absolute atomic E-state index is 0.545. The Morgan fingerprint density at radius 3 is 2.69 bits per heavy atom. The average molecular weight is 223 g/mol. The molecule has 0 spiro atoms. The molecule has 0 bridgehead atoms. The Morgan fingerprint density at radius 1 is 1.19 bits per heavy atom. The smallest absolute Gasteiger partial charge is 0.122 e. The molecule has 16 heavy (non-hydrogen) atoms. The molecule has 0 aliphatic heterocycles. The third kappa shape index (κ3) is 4.21. The van der Waals surface area contributed by atoms with E-state index in [1.165, 1.54) is 0 Å². The van der Waals surface area contributed by atoms with E-state index in [9.17, 15) is 0 Å². The quantitative estimate of drug-likeness (QED) is 0.721. The number of rotatable bonds is 7. The van der Waals surface area contributed by atoms with E-state index in [0.29, 0.717) is 19.8 Å². The second kappa shape index (κ2) is 7.25. The van der Waals surface area contributed by atoms with Crippen molar-refractivity contribution in [2.24, 2.45) is 5.73 Å². The van der Waals surface area contributed by atoms with Gasteiger partial charge in [0.1, 0.15) is 12.4 Å². The van der Waals surface area contributed by atoms with Crippen molar-refractivity contribution in [3.05, 3.63) is 29.3 Å². The van der Waals surface area contributed by atoms with Crippen LogP contribution in [0.5, 0.6) is 5.75 Å². The van der Waals surface area contributed by atoms with Crippen LogP contribution in [-0.4, -0.2) is 19.8 Å². The summed E-state index contributed by atoms with van der Waals surface area (Å²) in [5, 5.41) is 0. The minimum Gasteiger partial charge on any atom is -0.491 e. The van der Waals surface area contributed by atoms with E-state index in [1.807, 2.05) is 25.1 Å². The molecule has 0 saturated heterocycles. The Bertz CT molecular complexity index is 313. The molecule has 0 unspecified atom stereocenters. The first-order valence-corrected chi connectivity index (χ1v) is 5.78. The van der Waals surface area contributed by atoms with Crippen LogP contribution in [0, 0.1) is 6.92 Å². The summed E-state index contributed by atoms with van der Waals surface area (Å²) in [4.78, 5) is 0. The highest BCUT2D eigenvalue weighted by molar-refractivity contribution is 5.36. The first kappa shape index (κ1) is 13.0. The van der Waals surface area contributed by atoms with Gasteiger partial charge in [-0.3, -0.25) is 0 Å². The summed E-state index contributed by atoms with van der Waals surface area (Å²) in [5.41, 5.74) is 7.81. The highest BCUT2D eigenvalue weighted by Gasteiger charge is 2.00. The number of ether oxygens (including phenoxy) is 2. The average Bonchev–Trinajstić information content (AvgIpc) is 2.31. The Balaban J connectivity index is 2.40. The van der Waals surface area contributed by atoms with Crippen LogP contribution in [-0.2, 0) is 11.3 Å². The normalized spacial score (nSPS) is 10.4. The zero-order chi connectivity index (χ0) is 11.8. The number of hydrogen-bond donors (Lipinski definition) is 1. The molecule has 2 N–H and O–H groups in total. The lowest BCUT2D eigenvalue weighted by molar-refractivity contribution is 0.100. The van der Waals surface area contributed by atoms with Crippen molar-refractivity contribution in [1.29, 1.82) is 0 Å². The zero-order valence-electron chi connectivity index (χ0n) is 10.2. The molecule has 0 aliphatic carbocycles. The lowest BCUT2D eigenvalue weighted by Gasteiger charge is -2.10. The van der Waals surface area contributed by atoms with Gasteiger partial charge >= 0.3 is 0 Å². The summed E-state index contributed by atoms with van der Waals surface area (Å²) >= 11 is 0. The summed E-state index contributed by atoms with van der Waals surface area (Å²) in [6, 6.07) is 6.05. The zero-order valence-corrected chi connectivity index (χ0v) is 10.2. The summed E-state index contributed by atoms with van der Waals surface area (Å²) in [7, 11) is 0. The van der Waals surface area contributed by atoms with Crippen molar-refractivity contribution in [1.82, 2.24) is 0 Å². The van der Waals surface area contributed by atoms with Crippen LogP contribution in [0.4, 0.5) is 0 Å². The first-order chi connectivity index (χ1) is 7.77. The fraction of sp³-hybridized carbons (Fsp3) is 0.538. The monoisotopic (exact) mass is 223 g/mol. The molecular formula is C13H21NO2. The van der Waals surface area contributed by atoms with Crippen molar-refractivity contribution in [3.8, 4) is 5.75 Å². The van der Waals surface area contributed by atoms with Crippen molar-refractivity contribution >= 4 is 0 Å². The second-order valence-corrected chi connectivity index (χ2v) is 3.76. The standard InChI is InChI=1S/C13H21NO2/c1-3-6-15-7-8-16-13-9-12(10-14)5-4-11(13)2/h4-5,9H,3,6-8,10,14H2,1-2H3. The van der Waals surface area contributed by atoms with Gasteiger partial charge in [0.05, 0.1) is 6.61 Å². The Kier molecular flexibility index (Phi) is 5.90. The van der Waals surface area contributed by atoms with Gasteiger partial charge in [0.2, 0.25) is 0 Å². The maximum absolute atomic E-state index is 5.65. The summed E-state index contributed by atoms with van der Waals surface area (Å²) in [5.74, 6) is 0.906. The van der Waals surface area contributed by atoms with Gasteiger partial charge in [-0.2, -0.15) is 0 Å². The molecule has 3 nitrogen and oxygen atoms in total. The van der Waals surface area contributed by atoms with Gasteiger partial charge in [-0.1, -0.05) is 19.1 Å². The topological polar surface area (TPSA) is 44.5 Å². The molecule has 0 fully saturated rings. The molecule has 1 aromatic rings. The van der Waals surface area contributed by atoms with Crippen molar-refractivity contribution in [3.63, 3.8) is 0 Å². The van der Waals surface area contributed by atoms with Gasteiger partial charge in [-0.15, -0.1) is 0 Å². The van der Waals surface area contributed by atoms with E-state index in [0.717, 1.165) is 29.9 Å². The Hall–Kier alpha value is -1.06. The lowest BCUT2D eigenvalue weighted by atomic mass is 10.1. The number of nitrogens with two attached hydrogens (primary N) is 1. The number of hydrogen-bond acceptors (Lipinski definition) is 3. The fourth-order valence-electron chi connectivity index (χ4n) is 1.38. The van der Waals surface area contributed by atoms with Gasteiger partial charge < -0.3 is 15.2 Å². The highest BCUT2D eigenvalue weighted by atomic mass is 16.5. The third-order valence-electron chi connectivity index (χ3n) is 2.32. The predicted octanol–water partition coefficient (Wildman–Crippen LogP) is 2.26. The van der Waals surface area contributed by atoms with Crippen LogP contribution in [0.15, 0.2) is 18.2 Å². The molecule has 0 aliphatic rings. The predicted molar refractivity (Wildman–Crippen MR) is 65.7 cm³/mol. The molecule has 0 aromatic heterocycles. The fourth-order valence-corrected chi connectivity index (χ4v) is 1.38. The van der Waals surface area contributed by atoms with Crippen molar-refractivity contribution < 1.29 is 9.47 Å². The Morgan fingerprint density at radius 2 is 2.00 bits per heavy atom. The van der Waals surface area contributed by atoms with Gasteiger partial charge in [0, 0.05) is 13.2 Å². The first-order valence-electron chi connectivity index (χ1n) is 5.78. The SMILES string of the molecule is CCCOCCOc1cc(CN)ccc1C. The van der Waals surface area contributed by atoms with Crippen LogP contribution in [0.2, 0.25) is 0 Å². The molecule has 1 aromatic carbocycles. The molecule has 1 rings (SSSR count). The molecule has 0 saturated carbocycles. The highest BCUT2D eigenvalue weighted by Crippen LogP contribution is 2.19. The molecular weight excluding hydrogens is 202 g/mol. The van der Waals surface area contributed by atoms with Crippen LogP contribution >= 0.6 is 0 Å². The van der Waals surface area contributed by atoms with Crippen LogP contribution in [0.1, 0.15) is 24.5 Å². The van der Waals surface area contributed by atoms with E-state index in [4.69, 9.17) is 15.2 Å². The molecule has 0 heterocycles. The van der Waals surface area contributed by atoms with Crippen LogP contribution in [0.3, 0.4) is 0 Å². The maximum Gasteiger partial charge on any atom is 0.122 e. The molecule has 0 amide bonds. The van der Waals surface area contributed by atoms with E-state index >= 15 is 0 Å². The van der Waals surface area contributed by atoms with E-state index in [1.54, 1.807) is 0 Å². The van der Waals surface area contributed by atoms with Gasteiger partial charge in [-0.05, 0) is 30.5 Å².